The number of methoxy groups -OCH3 is 1. The maximum atomic E-state index is 11.4. The highest BCUT2D eigenvalue weighted by Crippen LogP contribution is 2.00. The molecule has 5 nitrogen and oxygen atoms in total. The van der Waals surface area contributed by atoms with E-state index in [0.717, 1.165) is 52.4 Å². The minimum atomic E-state index is 0.0795. The van der Waals surface area contributed by atoms with Gasteiger partial charge >= 0.3 is 0 Å². The van der Waals surface area contributed by atoms with E-state index in [0.29, 0.717) is 0 Å². The molecule has 0 atom stereocenters. The van der Waals surface area contributed by atoms with Gasteiger partial charge in [0.2, 0.25) is 5.91 Å². The fourth-order valence-corrected chi connectivity index (χ4v) is 2.00. The van der Waals surface area contributed by atoms with Crippen LogP contribution in [0, 0.1) is 5.92 Å². The van der Waals surface area contributed by atoms with Gasteiger partial charge < -0.3 is 10.1 Å². The van der Waals surface area contributed by atoms with Crippen LogP contribution in [0.3, 0.4) is 0 Å². The van der Waals surface area contributed by atoms with E-state index in [2.05, 4.69) is 15.1 Å². The van der Waals surface area contributed by atoms with Crippen molar-refractivity contribution >= 4 is 5.91 Å². The third-order valence-corrected chi connectivity index (χ3v) is 3.33. The van der Waals surface area contributed by atoms with Crippen LogP contribution in [0.4, 0.5) is 0 Å². The lowest BCUT2D eigenvalue weighted by Gasteiger charge is -2.34. The van der Waals surface area contributed by atoms with Crippen LogP contribution in [0.25, 0.3) is 0 Å². The van der Waals surface area contributed by atoms with Crippen LogP contribution in [0.15, 0.2) is 0 Å². The van der Waals surface area contributed by atoms with Crippen molar-refractivity contribution < 1.29 is 9.53 Å². The van der Waals surface area contributed by atoms with Gasteiger partial charge in [0, 0.05) is 58.8 Å². The van der Waals surface area contributed by atoms with E-state index in [4.69, 9.17) is 4.74 Å². The highest BCUT2D eigenvalue weighted by molar-refractivity contribution is 5.77. The van der Waals surface area contributed by atoms with Crippen LogP contribution in [0.2, 0.25) is 0 Å². The first-order valence-electron chi connectivity index (χ1n) is 6.85. The Morgan fingerprint density at radius 1 is 1.17 bits per heavy atom. The van der Waals surface area contributed by atoms with E-state index in [9.17, 15) is 4.79 Å². The smallest absolute Gasteiger partial charge is 0.222 e. The molecule has 1 N–H and O–H groups in total. The number of carbonyl (C=O) groups is 1. The Bertz CT molecular complexity index is 238. The molecule has 1 saturated heterocycles. The first-order chi connectivity index (χ1) is 8.63. The zero-order valence-corrected chi connectivity index (χ0v) is 11.9. The molecule has 18 heavy (non-hydrogen) atoms. The SMILES string of the molecule is COCCN1CCN(CCNC(=O)C(C)C)CC1. The first-order valence-corrected chi connectivity index (χ1v) is 6.85. The van der Waals surface area contributed by atoms with E-state index in [1.807, 2.05) is 13.8 Å². The van der Waals surface area contributed by atoms with E-state index < -0.39 is 0 Å². The molecule has 5 heteroatoms. The summed E-state index contributed by atoms with van der Waals surface area (Å²) in [5, 5.41) is 2.96. The molecule has 1 heterocycles. The molecule has 1 aliphatic heterocycles. The van der Waals surface area contributed by atoms with Crippen LogP contribution >= 0.6 is 0 Å². The van der Waals surface area contributed by atoms with Gasteiger partial charge in [0.15, 0.2) is 0 Å². The van der Waals surface area contributed by atoms with Crippen molar-refractivity contribution in [3.8, 4) is 0 Å². The number of rotatable bonds is 7. The number of hydrogen-bond acceptors (Lipinski definition) is 4. The van der Waals surface area contributed by atoms with Crippen molar-refractivity contribution in [2.45, 2.75) is 13.8 Å². The van der Waals surface area contributed by atoms with Crippen molar-refractivity contribution in [2.75, 3.05) is 59.5 Å². The fourth-order valence-electron chi connectivity index (χ4n) is 2.00. The van der Waals surface area contributed by atoms with Gasteiger partial charge in [0.1, 0.15) is 0 Å². The normalized spacial score (nSPS) is 18.2. The molecule has 106 valence electrons. The topological polar surface area (TPSA) is 44.8 Å². The van der Waals surface area contributed by atoms with E-state index >= 15 is 0 Å². The van der Waals surface area contributed by atoms with Gasteiger partial charge in [-0.15, -0.1) is 0 Å². The van der Waals surface area contributed by atoms with Gasteiger partial charge in [-0.05, 0) is 0 Å². The van der Waals surface area contributed by atoms with Gasteiger partial charge in [0.05, 0.1) is 6.61 Å². The number of piperazine rings is 1. The standard InChI is InChI=1S/C13H27N3O2/c1-12(2)13(17)14-4-5-15-6-8-16(9-7-15)10-11-18-3/h12H,4-11H2,1-3H3,(H,14,17). The zero-order chi connectivity index (χ0) is 13.4. The Hall–Kier alpha value is -0.650. The number of carbonyl (C=O) groups excluding carboxylic acids is 1. The van der Waals surface area contributed by atoms with Crippen LogP contribution in [0.1, 0.15) is 13.8 Å². The molecule has 0 bridgehead atoms. The van der Waals surface area contributed by atoms with Crippen LogP contribution in [-0.2, 0) is 9.53 Å². The lowest BCUT2D eigenvalue weighted by molar-refractivity contribution is -0.124. The lowest BCUT2D eigenvalue weighted by atomic mass is 10.2. The molecular weight excluding hydrogens is 230 g/mol. The second-order valence-corrected chi connectivity index (χ2v) is 5.12. The maximum absolute atomic E-state index is 11.4. The van der Waals surface area contributed by atoms with Gasteiger partial charge in [-0.25, -0.2) is 0 Å². The molecule has 1 amide bonds. The number of amides is 1. The van der Waals surface area contributed by atoms with Gasteiger partial charge in [-0.1, -0.05) is 13.8 Å². The van der Waals surface area contributed by atoms with Crippen molar-refractivity contribution in [1.29, 1.82) is 0 Å². The summed E-state index contributed by atoms with van der Waals surface area (Å²) in [6, 6.07) is 0. The molecule has 1 fully saturated rings. The molecule has 1 aliphatic rings. The summed E-state index contributed by atoms with van der Waals surface area (Å²) in [5.74, 6) is 0.227. The van der Waals surface area contributed by atoms with Crippen molar-refractivity contribution in [3.63, 3.8) is 0 Å². The second kappa shape index (κ2) is 8.45. The highest BCUT2D eigenvalue weighted by atomic mass is 16.5. The second-order valence-electron chi connectivity index (χ2n) is 5.12. The minimum Gasteiger partial charge on any atom is -0.383 e. The van der Waals surface area contributed by atoms with E-state index in [-0.39, 0.29) is 11.8 Å². The fraction of sp³-hybridized carbons (Fsp3) is 0.923. The largest absolute Gasteiger partial charge is 0.383 e. The molecule has 0 radical (unpaired) electrons. The molecule has 0 saturated carbocycles. The Labute approximate surface area is 110 Å². The monoisotopic (exact) mass is 257 g/mol. The van der Waals surface area contributed by atoms with Gasteiger partial charge in [-0.2, -0.15) is 0 Å². The Kier molecular flexibility index (Phi) is 7.23. The quantitative estimate of drug-likeness (QED) is 0.698. The molecule has 0 aromatic rings. The van der Waals surface area contributed by atoms with E-state index in [1.165, 1.54) is 0 Å². The third-order valence-electron chi connectivity index (χ3n) is 3.33. The van der Waals surface area contributed by atoms with E-state index in [1.54, 1.807) is 7.11 Å². The Morgan fingerprint density at radius 3 is 2.22 bits per heavy atom. The van der Waals surface area contributed by atoms with Gasteiger partial charge in [0.25, 0.3) is 0 Å². The summed E-state index contributed by atoms with van der Waals surface area (Å²) >= 11 is 0. The zero-order valence-electron chi connectivity index (χ0n) is 11.9. The van der Waals surface area contributed by atoms with Crippen LogP contribution in [0.5, 0.6) is 0 Å². The lowest BCUT2D eigenvalue weighted by Crippen LogP contribution is -2.49. The van der Waals surface area contributed by atoms with Crippen LogP contribution in [-0.4, -0.2) is 75.2 Å². The number of nitrogens with one attached hydrogen (secondary N) is 1. The summed E-state index contributed by atoms with van der Waals surface area (Å²) in [4.78, 5) is 16.2. The molecule has 0 aromatic carbocycles. The molecule has 1 rings (SSSR count). The summed E-state index contributed by atoms with van der Waals surface area (Å²) in [7, 11) is 1.74. The van der Waals surface area contributed by atoms with Crippen molar-refractivity contribution in [2.24, 2.45) is 5.92 Å². The Balaban J connectivity index is 2.07. The first kappa shape index (κ1) is 15.4. The predicted molar refractivity (Wildman–Crippen MR) is 72.6 cm³/mol. The minimum absolute atomic E-state index is 0.0795. The third kappa shape index (κ3) is 5.80. The van der Waals surface area contributed by atoms with Gasteiger partial charge in [-0.3, -0.25) is 14.6 Å². The number of ether oxygens (including phenoxy) is 1. The molecular formula is C13H27N3O2. The molecule has 0 aromatic heterocycles. The Morgan fingerprint density at radius 2 is 1.72 bits per heavy atom. The summed E-state index contributed by atoms with van der Waals surface area (Å²) < 4.78 is 5.08. The molecule has 0 spiro atoms. The summed E-state index contributed by atoms with van der Waals surface area (Å²) in [6.07, 6.45) is 0. The molecule has 0 unspecified atom stereocenters. The number of nitrogens with zero attached hydrogens (tertiary/aromatic N) is 2. The van der Waals surface area contributed by atoms with Crippen LogP contribution < -0.4 is 5.32 Å². The van der Waals surface area contributed by atoms with Crippen molar-refractivity contribution in [3.05, 3.63) is 0 Å². The molecule has 0 aliphatic carbocycles. The summed E-state index contributed by atoms with van der Waals surface area (Å²) in [6.45, 7) is 11.8. The predicted octanol–water partition coefficient (Wildman–Crippen LogP) is 0.0226. The average Bonchev–Trinajstić information content (AvgIpc) is 2.37. The number of hydrogen-bond donors (Lipinski definition) is 1. The maximum Gasteiger partial charge on any atom is 0.222 e. The van der Waals surface area contributed by atoms with Crippen molar-refractivity contribution in [1.82, 2.24) is 15.1 Å². The summed E-state index contributed by atoms with van der Waals surface area (Å²) in [5.41, 5.74) is 0. The highest BCUT2D eigenvalue weighted by Gasteiger charge is 2.16. The average molecular weight is 257 g/mol.